The summed E-state index contributed by atoms with van der Waals surface area (Å²) >= 11 is 0. The third kappa shape index (κ3) is 3.45. The molecule has 4 heterocycles. The molecule has 0 radical (unpaired) electrons. The minimum Gasteiger partial charge on any atom is -0.497 e. The van der Waals surface area contributed by atoms with Crippen molar-refractivity contribution in [3.8, 4) is 17.1 Å². The van der Waals surface area contributed by atoms with Crippen LogP contribution in [0.3, 0.4) is 0 Å². The summed E-state index contributed by atoms with van der Waals surface area (Å²) in [6, 6.07) is 14.6. The Bertz CT molecular complexity index is 1320. The molecule has 1 aliphatic heterocycles. The van der Waals surface area contributed by atoms with Crippen LogP contribution in [0.15, 0.2) is 72.0 Å². The van der Waals surface area contributed by atoms with Gasteiger partial charge in [-0.3, -0.25) is 4.98 Å². The number of fused-ring (bicyclic) bond motifs is 1. The number of nitrogens with zero attached hydrogens (tertiary/aromatic N) is 5. The molecule has 1 saturated heterocycles. The number of methoxy groups -OCH3 is 1. The second kappa shape index (κ2) is 7.75. The molecule has 0 N–H and O–H groups in total. The highest BCUT2D eigenvalue weighted by Gasteiger charge is 2.35. The molecule has 0 spiro atoms. The molecule has 1 atom stereocenters. The predicted molar refractivity (Wildman–Crippen MR) is 116 cm³/mol. The van der Waals surface area contributed by atoms with Gasteiger partial charge in [0.15, 0.2) is 5.65 Å². The molecule has 1 unspecified atom stereocenters. The molecule has 5 rings (SSSR count). The molecule has 0 saturated carbocycles. The van der Waals surface area contributed by atoms with Gasteiger partial charge in [-0.1, -0.05) is 0 Å². The largest absolute Gasteiger partial charge is 0.497 e. The topological polar surface area (TPSA) is 90.2 Å². The Morgan fingerprint density at radius 2 is 1.87 bits per heavy atom. The maximum atomic E-state index is 13.1. The number of hydrogen-bond donors (Lipinski definition) is 0. The summed E-state index contributed by atoms with van der Waals surface area (Å²) in [7, 11) is -1.97. The molecule has 1 aliphatic rings. The fraction of sp³-hybridized carbons (Fsp3) is 0.227. The molecular weight excluding hydrogens is 414 g/mol. The van der Waals surface area contributed by atoms with Crippen molar-refractivity contribution in [1.82, 2.24) is 23.8 Å². The highest BCUT2D eigenvalue weighted by Crippen LogP contribution is 2.34. The van der Waals surface area contributed by atoms with Crippen LogP contribution in [0.25, 0.3) is 22.6 Å². The molecule has 0 bridgehead atoms. The maximum Gasteiger partial charge on any atom is 0.244 e. The van der Waals surface area contributed by atoms with Crippen molar-refractivity contribution in [2.24, 2.45) is 0 Å². The van der Waals surface area contributed by atoms with Crippen LogP contribution in [0.5, 0.6) is 5.75 Å². The number of ether oxygens (including phenoxy) is 1. The Balaban J connectivity index is 1.54. The predicted octanol–water partition coefficient (Wildman–Crippen LogP) is 3.14. The average Bonchev–Trinajstić information content (AvgIpc) is 3.45. The van der Waals surface area contributed by atoms with Crippen LogP contribution in [0, 0.1) is 0 Å². The van der Waals surface area contributed by atoms with Crippen LogP contribution in [-0.4, -0.2) is 52.4 Å². The van der Waals surface area contributed by atoms with Crippen molar-refractivity contribution in [1.29, 1.82) is 0 Å². The van der Waals surface area contributed by atoms with E-state index in [4.69, 9.17) is 9.72 Å². The summed E-state index contributed by atoms with van der Waals surface area (Å²) in [6.45, 7) is 0.777. The Hall–Kier alpha value is -3.30. The van der Waals surface area contributed by atoms with Crippen molar-refractivity contribution in [3.05, 3.63) is 67.1 Å². The number of imidazole rings is 1. The van der Waals surface area contributed by atoms with Gasteiger partial charge in [-0.2, -0.15) is 4.31 Å². The molecule has 0 amide bonds. The maximum absolute atomic E-state index is 13.1. The number of sulfonamides is 1. The lowest BCUT2D eigenvalue weighted by molar-refractivity contribution is 0.415. The molecule has 31 heavy (non-hydrogen) atoms. The zero-order valence-electron chi connectivity index (χ0n) is 16.9. The summed E-state index contributed by atoms with van der Waals surface area (Å²) in [5.74, 6) is 1.53. The molecule has 158 valence electrons. The van der Waals surface area contributed by atoms with E-state index in [1.807, 2.05) is 36.4 Å². The second-order valence-electron chi connectivity index (χ2n) is 7.37. The smallest absolute Gasteiger partial charge is 0.244 e. The fourth-order valence-electron chi connectivity index (χ4n) is 4.01. The van der Waals surface area contributed by atoms with Crippen LogP contribution >= 0.6 is 0 Å². The van der Waals surface area contributed by atoms with Crippen LogP contribution in [0.4, 0.5) is 0 Å². The zero-order valence-corrected chi connectivity index (χ0v) is 17.7. The standard InChI is InChI=1S/C22H21N5O3S/c1-30-18-8-6-16(7-9-18)21-25-20-5-3-12-24-22(20)27(21)17-10-13-26(15-17)31(28,29)19-4-2-11-23-14-19/h2-9,11-12,14,17H,10,13,15H2,1H3. The van der Waals surface area contributed by atoms with E-state index in [2.05, 4.69) is 14.5 Å². The van der Waals surface area contributed by atoms with Gasteiger partial charge in [-0.25, -0.2) is 18.4 Å². The van der Waals surface area contributed by atoms with Gasteiger partial charge in [0.2, 0.25) is 10.0 Å². The van der Waals surface area contributed by atoms with Gasteiger partial charge in [-0.15, -0.1) is 0 Å². The van der Waals surface area contributed by atoms with Gasteiger partial charge in [-0.05, 0) is 55.0 Å². The van der Waals surface area contributed by atoms with Gasteiger partial charge in [0.1, 0.15) is 22.0 Å². The van der Waals surface area contributed by atoms with Crippen molar-refractivity contribution >= 4 is 21.2 Å². The first-order valence-corrected chi connectivity index (χ1v) is 11.4. The number of benzene rings is 1. The Morgan fingerprint density at radius 3 is 2.61 bits per heavy atom. The monoisotopic (exact) mass is 435 g/mol. The molecular formula is C22H21N5O3S. The quantitative estimate of drug-likeness (QED) is 0.478. The normalized spacial score (nSPS) is 17.3. The van der Waals surface area contributed by atoms with Gasteiger partial charge in [0.05, 0.1) is 13.2 Å². The number of pyridine rings is 2. The lowest BCUT2D eigenvalue weighted by Gasteiger charge is -2.18. The first kappa shape index (κ1) is 19.7. The number of hydrogen-bond acceptors (Lipinski definition) is 6. The van der Waals surface area contributed by atoms with Gasteiger partial charge in [0, 0.05) is 37.2 Å². The van der Waals surface area contributed by atoms with Crippen LogP contribution in [0.2, 0.25) is 0 Å². The van der Waals surface area contributed by atoms with E-state index < -0.39 is 10.0 Å². The number of rotatable bonds is 5. The Labute approximate surface area is 180 Å². The molecule has 1 aromatic carbocycles. The van der Waals surface area contributed by atoms with Gasteiger partial charge < -0.3 is 9.30 Å². The Morgan fingerprint density at radius 1 is 1.06 bits per heavy atom. The van der Waals surface area contributed by atoms with E-state index in [0.29, 0.717) is 19.5 Å². The Kier molecular flexibility index (Phi) is 4.91. The molecule has 0 aliphatic carbocycles. The lowest BCUT2D eigenvalue weighted by Crippen LogP contribution is -2.29. The van der Waals surface area contributed by atoms with Gasteiger partial charge >= 0.3 is 0 Å². The second-order valence-corrected chi connectivity index (χ2v) is 9.31. The van der Waals surface area contributed by atoms with Crippen molar-refractivity contribution in [3.63, 3.8) is 0 Å². The van der Waals surface area contributed by atoms with E-state index in [-0.39, 0.29) is 10.9 Å². The van der Waals surface area contributed by atoms with E-state index in [0.717, 1.165) is 28.3 Å². The van der Waals surface area contributed by atoms with E-state index >= 15 is 0 Å². The third-order valence-corrected chi connectivity index (χ3v) is 7.41. The molecule has 8 nitrogen and oxygen atoms in total. The fourth-order valence-corrected chi connectivity index (χ4v) is 5.46. The van der Waals surface area contributed by atoms with E-state index in [1.165, 1.54) is 10.5 Å². The average molecular weight is 436 g/mol. The summed E-state index contributed by atoms with van der Waals surface area (Å²) in [4.78, 5) is 13.5. The zero-order chi connectivity index (χ0) is 21.4. The molecule has 1 fully saturated rings. The number of aromatic nitrogens is 4. The summed E-state index contributed by atoms with van der Waals surface area (Å²) < 4.78 is 35.0. The summed E-state index contributed by atoms with van der Waals surface area (Å²) in [5.41, 5.74) is 2.45. The molecule has 9 heteroatoms. The van der Waals surface area contributed by atoms with E-state index in [1.54, 1.807) is 31.6 Å². The van der Waals surface area contributed by atoms with Crippen molar-refractivity contribution in [2.75, 3.05) is 20.2 Å². The lowest BCUT2D eigenvalue weighted by atomic mass is 10.2. The van der Waals surface area contributed by atoms with Crippen molar-refractivity contribution in [2.45, 2.75) is 17.4 Å². The SMILES string of the molecule is COc1ccc(-c2nc3cccnc3n2C2CCN(S(=O)(=O)c3cccnc3)C2)cc1. The van der Waals surface area contributed by atoms with Crippen LogP contribution in [0.1, 0.15) is 12.5 Å². The highest BCUT2D eigenvalue weighted by atomic mass is 32.2. The molecule has 4 aromatic rings. The van der Waals surface area contributed by atoms with Crippen LogP contribution in [-0.2, 0) is 10.0 Å². The minimum absolute atomic E-state index is 0.0801. The van der Waals surface area contributed by atoms with Crippen LogP contribution < -0.4 is 4.74 Å². The molecule has 3 aromatic heterocycles. The van der Waals surface area contributed by atoms with E-state index in [9.17, 15) is 8.42 Å². The first-order valence-electron chi connectivity index (χ1n) is 9.95. The summed E-state index contributed by atoms with van der Waals surface area (Å²) in [5, 5.41) is 0. The third-order valence-electron chi connectivity index (χ3n) is 5.56. The minimum atomic E-state index is -3.60. The summed E-state index contributed by atoms with van der Waals surface area (Å²) in [6.07, 6.45) is 5.36. The van der Waals surface area contributed by atoms with Crippen molar-refractivity contribution < 1.29 is 13.2 Å². The highest BCUT2D eigenvalue weighted by molar-refractivity contribution is 7.89. The first-order chi connectivity index (χ1) is 15.1. The van der Waals surface area contributed by atoms with Gasteiger partial charge in [0.25, 0.3) is 0 Å².